The Morgan fingerprint density at radius 1 is 1.42 bits per heavy atom. The molecule has 0 unspecified atom stereocenters. The lowest BCUT2D eigenvalue weighted by molar-refractivity contribution is -0.146. The molecule has 1 rings (SSSR count). The molecular formula is C13H18N2O4. The first-order valence-corrected chi connectivity index (χ1v) is 5.98. The van der Waals surface area contributed by atoms with E-state index in [1.165, 1.54) is 0 Å². The Morgan fingerprint density at radius 2 is 2.16 bits per heavy atom. The van der Waals surface area contributed by atoms with Crippen LogP contribution in [0.25, 0.3) is 0 Å². The van der Waals surface area contributed by atoms with Crippen molar-refractivity contribution in [2.45, 2.75) is 26.4 Å². The van der Waals surface area contributed by atoms with Crippen molar-refractivity contribution < 1.29 is 19.4 Å². The highest BCUT2D eigenvalue weighted by Crippen LogP contribution is 2.07. The molecule has 1 heterocycles. The van der Waals surface area contributed by atoms with Gasteiger partial charge in [0.25, 0.3) is 0 Å². The van der Waals surface area contributed by atoms with Crippen LogP contribution in [0.3, 0.4) is 0 Å². The van der Waals surface area contributed by atoms with Gasteiger partial charge in [-0.2, -0.15) is 0 Å². The Balaban J connectivity index is 2.57. The second kappa shape index (κ2) is 7.48. The average Bonchev–Trinajstić information content (AvgIpc) is 2.36. The van der Waals surface area contributed by atoms with E-state index < -0.39 is 12.6 Å². The van der Waals surface area contributed by atoms with Gasteiger partial charge in [0.2, 0.25) is 5.91 Å². The number of nitrogens with zero attached hydrogens (tertiary/aromatic N) is 2. The third kappa shape index (κ3) is 5.48. The summed E-state index contributed by atoms with van der Waals surface area (Å²) in [5.74, 6) is -1.32. The van der Waals surface area contributed by atoms with Gasteiger partial charge < -0.3 is 14.7 Å². The van der Waals surface area contributed by atoms with Gasteiger partial charge >= 0.3 is 5.97 Å². The maximum atomic E-state index is 12.0. The van der Waals surface area contributed by atoms with Crippen molar-refractivity contribution >= 4 is 11.9 Å². The number of aromatic nitrogens is 1. The summed E-state index contributed by atoms with van der Waals surface area (Å²) in [4.78, 5) is 27.9. The Morgan fingerprint density at radius 3 is 2.68 bits per heavy atom. The number of carboxylic acid groups (broad SMARTS) is 1. The van der Waals surface area contributed by atoms with Gasteiger partial charge in [0, 0.05) is 25.0 Å². The molecule has 1 N–H and O–H groups in total. The van der Waals surface area contributed by atoms with Crippen LogP contribution in [-0.2, 0) is 20.9 Å². The number of pyridine rings is 1. The van der Waals surface area contributed by atoms with Crippen LogP contribution in [0.1, 0.15) is 19.4 Å². The highest BCUT2D eigenvalue weighted by atomic mass is 16.5. The Bertz CT molecular complexity index is 420. The summed E-state index contributed by atoms with van der Waals surface area (Å²) in [6.45, 7) is 3.52. The monoisotopic (exact) mass is 266 g/mol. The Labute approximate surface area is 112 Å². The standard InChI is InChI=1S/C13H18N2O4/c1-10(2)15(7-11-4-3-5-14-6-11)12(16)8-19-9-13(17)18/h3-6,10H,7-9H2,1-2H3,(H,17,18). The van der Waals surface area contributed by atoms with Gasteiger partial charge in [0.15, 0.2) is 0 Å². The van der Waals surface area contributed by atoms with Gasteiger partial charge in [-0.25, -0.2) is 4.79 Å². The zero-order valence-electron chi connectivity index (χ0n) is 11.1. The number of rotatable bonds is 7. The van der Waals surface area contributed by atoms with E-state index >= 15 is 0 Å². The van der Waals surface area contributed by atoms with Gasteiger partial charge in [0.05, 0.1) is 0 Å². The summed E-state index contributed by atoms with van der Waals surface area (Å²) in [5.41, 5.74) is 0.919. The van der Waals surface area contributed by atoms with Gasteiger partial charge in [0.1, 0.15) is 13.2 Å². The number of carbonyl (C=O) groups excluding carboxylic acids is 1. The molecular weight excluding hydrogens is 248 g/mol. The summed E-state index contributed by atoms with van der Waals surface area (Å²) in [7, 11) is 0. The first kappa shape index (κ1) is 15.1. The fourth-order valence-electron chi connectivity index (χ4n) is 1.56. The molecule has 0 aromatic carbocycles. The average molecular weight is 266 g/mol. The molecule has 1 aromatic heterocycles. The van der Waals surface area contributed by atoms with Crippen molar-refractivity contribution in [3.8, 4) is 0 Å². The number of carboxylic acids is 1. The molecule has 0 fully saturated rings. The molecule has 0 aliphatic carbocycles. The molecule has 0 saturated carbocycles. The van der Waals surface area contributed by atoms with Crippen molar-refractivity contribution in [3.05, 3.63) is 30.1 Å². The van der Waals surface area contributed by atoms with E-state index in [4.69, 9.17) is 9.84 Å². The van der Waals surface area contributed by atoms with Crippen LogP contribution in [-0.4, -0.2) is 46.1 Å². The van der Waals surface area contributed by atoms with Crippen LogP contribution in [0, 0.1) is 0 Å². The van der Waals surface area contributed by atoms with Crippen molar-refractivity contribution in [1.82, 2.24) is 9.88 Å². The molecule has 6 heteroatoms. The molecule has 6 nitrogen and oxygen atoms in total. The highest BCUT2D eigenvalue weighted by Gasteiger charge is 2.17. The molecule has 1 aromatic rings. The number of aliphatic carboxylic acids is 1. The van der Waals surface area contributed by atoms with E-state index in [1.54, 1.807) is 23.4 Å². The van der Waals surface area contributed by atoms with Crippen LogP contribution in [0.4, 0.5) is 0 Å². The molecule has 19 heavy (non-hydrogen) atoms. The van der Waals surface area contributed by atoms with Gasteiger partial charge in [-0.3, -0.25) is 9.78 Å². The SMILES string of the molecule is CC(C)N(Cc1cccnc1)C(=O)COCC(=O)O. The summed E-state index contributed by atoms with van der Waals surface area (Å²) >= 11 is 0. The normalized spacial score (nSPS) is 10.5. The van der Waals surface area contributed by atoms with E-state index in [9.17, 15) is 9.59 Å². The van der Waals surface area contributed by atoms with Crippen molar-refractivity contribution in [2.24, 2.45) is 0 Å². The summed E-state index contributed by atoms with van der Waals surface area (Å²) in [6.07, 6.45) is 3.36. The first-order valence-electron chi connectivity index (χ1n) is 5.98. The zero-order valence-corrected chi connectivity index (χ0v) is 11.1. The van der Waals surface area contributed by atoms with Crippen molar-refractivity contribution in [3.63, 3.8) is 0 Å². The minimum Gasteiger partial charge on any atom is -0.480 e. The van der Waals surface area contributed by atoms with Crippen molar-refractivity contribution in [2.75, 3.05) is 13.2 Å². The summed E-state index contributed by atoms with van der Waals surface area (Å²) < 4.78 is 4.82. The molecule has 0 spiro atoms. The highest BCUT2D eigenvalue weighted by molar-refractivity contribution is 5.78. The topological polar surface area (TPSA) is 79.7 Å². The third-order valence-electron chi connectivity index (χ3n) is 2.47. The fourth-order valence-corrected chi connectivity index (χ4v) is 1.56. The van der Waals surface area contributed by atoms with Gasteiger partial charge in [-0.15, -0.1) is 0 Å². The zero-order chi connectivity index (χ0) is 14.3. The lowest BCUT2D eigenvalue weighted by Gasteiger charge is -2.26. The number of hydrogen-bond acceptors (Lipinski definition) is 4. The fraction of sp³-hybridized carbons (Fsp3) is 0.462. The van der Waals surface area contributed by atoms with E-state index in [-0.39, 0.29) is 18.6 Å². The maximum absolute atomic E-state index is 12.0. The molecule has 0 bridgehead atoms. The van der Waals surface area contributed by atoms with Crippen LogP contribution < -0.4 is 0 Å². The lowest BCUT2D eigenvalue weighted by Crippen LogP contribution is -2.39. The number of amides is 1. The minimum absolute atomic E-state index is 0.00105. The Hall–Kier alpha value is -1.95. The van der Waals surface area contributed by atoms with E-state index in [0.717, 1.165) is 5.56 Å². The smallest absolute Gasteiger partial charge is 0.329 e. The predicted molar refractivity (Wildman–Crippen MR) is 68.4 cm³/mol. The summed E-state index contributed by atoms with van der Waals surface area (Å²) in [5, 5.41) is 8.45. The molecule has 0 saturated heterocycles. The second-order valence-corrected chi connectivity index (χ2v) is 4.36. The number of hydrogen-bond donors (Lipinski definition) is 1. The quantitative estimate of drug-likeness (QED) is 0.793. The maximum Gasteiger partial charge on any atom is 0.329 e. The number of ether oxygens (including phenoxy) is 1. The largest absolute Gasteiger partial charge is 0.480 e. The second-order valence-electron chi connectivity index (χ2n) is 4.36. The van der Waals surface area contributed by atoms with Crippen molar-refractivity contribution in [1.29, 1.82) is 0 Å². The number of carbonyl (C=O) groups is 2. The van der Waals surface area contributed by atoms with Gasteiger partial charge in [-0.05, 0) is 25.5 Å². The molecule has 0 aliphatic rings. The van der Waals surface area contributed by atoms with Crippen LogP contribution in [0.5, 0.6) is 0 Å². The van der Waals surface area contributed by atoms with E-state index in [1.807, 2.05) is 19.9 Å². The predicted octanol–water partition coefficient (Wildman–Crippen LogP) is 0.920. The minimum atomic E-state index is -1.09. The third-order valence-corrected chi connectivity index (χ3v) is 2.47. The molecule has 1 amide bonds. The van der Waals surface area contributed by atoms with Crippen LogP contribution >= 0.6 is 0 Å². The lowest BCUT2D eigenvalue weighted by atomic mass is 10.2. The molecule has 0 radical (unpaired) electrons. The van der Waals surface area contributed by atoms with Gasteiger partial charge in [-0.1, -0.05) is 6.07 Å². The summed E-state index contributed by atoms with van der Waals surface area (Å²) in [6, 6.07) is 3.69. The first-order chi connectivity index (χ1) is 9.00. The van der Waals surface area contributed by atoms with E-state index in [2.05, 4.69) is 4.98 Å². The molecule has 0 atom stereocenters. The molecule has 104 valence electrons. The molecule has 0 aliphatic heterocycles. The van der Waals surface area contributed by atoms with Crippen LogP contribution in [0.15, 0.2) is 24.5 Å². The Kier molecular flexibility index (Phi) is 5.95. The van der Waals surface area contributed by atoms with Crippen LogP contribution in [0.2, 0.25) is 0 Å². The van der Waals surface area contributed by atoms with E-state index in [0.29, 0.717) is 6.54 Å².